The summed E-state index contributed by atoms with van der Waals surface area (Å²) < 4.78 is 24.6. The Hall–Kier alpha value is -0.540. The zero-order valence-electron chi connectivity index (χ0n) is 14.0. The van der Waals surface area contributed by atoms with Crippen LogP contribution in [0, 0.1) is 5.92 Å². The van der Waals surface area contributed by atoms with Gasteiger partial charge in [-0.3, -0.25) is 4.99 Å². The number of benzene rings is 1. The van der Waals surface area contributed by atoms with Crippen LogP contribution in [0.1, 0.15) is 19.8 Å². The summed E-state index contributed by atoms with van der Waals surface area (Å²) in [5, 5.41) is 3.70. The van der Waals surface area contributed by atoms with E-state index in [0.717, 1.165) is 25.5 Å². The van der Waals surface area contributed by atoms with Crippen molar-refractivity contribution in [2.45, 2.75) is 24.7 Å². The molecule has 1 aromatic carbocycles. The Kier molecular flexibility index (Phi) is 8.80. The largest absolute Gasteiger partial charge is 0.355 e. The summed E-state index contributed by atoms with van der Waals surface area (Å²) in [6.45, 7) is 4.49. The third-order valence-corrected chi connectivity index (χ3v) is 5.98. The lowest BCUT2D eigenvalue weighted by Gasteiger charge is -2.33. The van der Waals surface area contributed by atoms with Crippen molar-refractivity contribution in [3.8, 4) is 0 Å². The van der Waals surface area contributed by atoms with Crippen LogP contribution in [0.15, 0.2) is 34.2 Å². The number of nitrogens with zero attached hydrogens (tertiary/aromatic N) is 2. The number of guanidine groups is 1. The molecule has 136 valence electrons. The maximum Gasteiger partial charge on any atom is 0.193 e. The number of sulfone groups is 1. The molecular formula is C16H25ClIN3O2S. The van der Waals surface area contributed by atoms with E-state index in [1.807, 2.05) is 0 Å². The minimum Gasteiger partial charge on any atom is -0.355 e. The van der Waals surface area contributed by atoms with Crippen LogP contribution in [-0.2, 0) is 9.84 Å². The van der Waals surface area contributed by atoms with Gasteiger partial charge in [0.1, 0.15) is 0 Å². The van der Waals surface area contributed by atoms with Gasteiger partial charge < -0.3 is 10.2 Å². The first-order valence-electron chi connectivity index (χ1n) is 7.86. The molecule has 1 heterocycles. The van der Waals surface area contributed by atoms with Crippen molar-refractivity contribution in [3.05, 3.63) is 29.3 Å². The van der Waals surface area contributed by atoms with E-state index in [-0.39, 0.29) is 29.7 Å². The molecule has 0 aromatic heterocycles. The monoisotopic (exact) mass is 485 g/mol. The van der Waals surface area contributed by atoms with E-state index in [1.54, 1.807) is 31.3 Å². The molecule has 1 aromatic rings. The van der Waals surface area contributed by atoms with Gasteiger partial charge in [-0.2, -0.15) is 0 Å². The summed E-state index contributed by atoms with van der Waals surface area (Å²) in [7, 11) is -1.59. The number of nitrogens with one attached hydrogen (secondary N) is 1. The summed E-state index contributed by atoms with van der Waals surface area (Å²) in [6.07, 6.45) is 2.38. The highest BCUT2D eigenvalue weighted by Gasteiger charge is 2.20. The lowest BCUT2D eigenvalue weighted by Crippen LogP contribution is -2.47. The van der Waals surface area contributed by atoms with Crippen molar-refractivity contribution < 1.29 is 8.42 Å². The first kappa shape index (κ1) is 21.5. The number of hydrogen-bond acceptors (Lipinski definition) is 3. The molecule has 1 saturated heterocycles. The van der Waals surface area contributed by atoms with E-state index in [0.29, 0.717) is 22.4 Å². The molecule has 24 heavy (non-hydrogen) atoms. The summed E-state index contributed by atoms with van der Waals surface area (Å²) in [5.41, 5.74) is 0. The van der Waals surface area contributed by atoms with E-state index in [9.17, 15) is 8.42 Å². The number of piperidine rings is 1. The first-order chi connectivity index (χ1) is 10.9. The SMILES string of the molecule is CN=C(NCCS(=O)(=O)c1ccc(Cl)cc1)N1CCCC(C)C1.I. The smallest absolute Gasteiger partial charge is 0.193 e. The molecule has 1 aliphatic heterocycles. The molecule has 0 saturated carbocycles. The second-order valence-corrected chi connectivity index (χ2v) is 8.49. The standard InChI is InChI=1S/C16H24ClN3O2S.HI/c1-13-4-3-10-20(12-13)16(18-2)19-9-11-23(21,22)15-7-5-14(17)6-8-15;/h5-8,13H,3-4,9-12H2,1-2H3,(H,18,19);1H. The second kappa shape index (κ2) is 9.82. The topological polar surface area (TPSA) is 61.8 Å². The number of halogens is 2. The van der Waals surface area contributed by atoms with Crippen LogP contribution in [0.5, 0.6) is 0 Å². The molecule has 1 unspecified atom stereocenters. The van der Waals surface area contributed by atoms with Crippen LogP contribution in [0.3, 0.4) is 0 Å². The highest BCUT2D eigenvalue weighted by Crippen LogP contribution is 2.16. The summed E-state index contributed by atoms with van der Waals surface area (Å²) >= 11 is 5.80. The molecule has 0 bridgehead atoms. The van der Waals surface area contributed by atoms with Gasteiger partial charge in [0.15, 0.2) is 15.8 Å². The van der Waals surface area contributed by atoms with E-state index in [4.69, 9.17) is 11.6 Å². The fourth-order valence-electron chi connectivity index (χ4n) is 2.77. The highest BCUT2D eigenvalue weighted by atomic mass is 127. The van der Waals surface area contributed by atoms with Crippen LogP contribution in [0.2, 0.25) is 5.02 Å². The van der Waals surface area contributed by atoms with Gasteiger partial charge in [0.2, 0.25) is 0 Å². The van der Waals surface area contributed by atoms with Gasteiger partial charge in [0.25, 0.3) is 0 Å². The van der Waals surface area contributed by atoms with E-state index >= 15 is 0 Å². The number of hydrogen-bond donors (Lipinski definition) is 1. The van der Waals surface area contributed by atoms with Crippen LogP contribution >= 0.6 is 35.6 Å². The summed E-state index contributed by atoms with van der Waals surface area (Å²) in [5.74, 6) is 1.44. The van der Waals surface area contributed by atoms with E-state index < -0.39 is 9.84 Å². The second-order valence-electron chi connectivity index (χ2n) is 5.94. The Bertz CT molecular complexity index is 650. The maximum atomic E-state index is 12.3. The van der Waals surface area contributed by atoms with Crippen molar-refractivity contribution in [3.63, 3.8) is 0 Å². The number of aliphatic imine (C=N–C) groups is 1. The molecule has 0 radical (unpaired) electrons. The summed E-state index contributed by atoms with van der Waals surface area (Å²) in [4.78, 5) is 6.76. The minimum absolute atomic E-state index is 0. The van der Waals surface area contributed by atoms with Crippen molar-refractivity contribution >= 4 is 51.4 Å². The van der Waals surface area contributed by atoms with Gasteiger partial charge in [-0.05, 0) is 43.0 Å². The van der Waals surface area contributed by atoms with Crippen molar-refractivity contribution in [1.29, 1.82) is 0 Å². The molecule has 1 fully saturated rings. The quantitative estimate of drug-likeness (QED) is 0.405. The Morgan fingerprint density at radius 3 is 2.62 bits per heavy atom. The minimum atomic E-state index is -3.32. The Labute approximate surface area is 166 Å². The fourth-order valence-corrected chi connectivity index (χ4v) is 4.05. The molecule has 2 rings (SSSR count). The van der Waals surface area contributed by atoms with Gasteiger partial charge >= 0.3 is 0 Å². The van der Waals surface area contributed by atoms with Gasteiger partial charge in [-0.15, -0.1) is 24.0 Å². The zero-order valence-corrected chi connectivity index (χ0v) is 17.9. The van der Waals surface area contributed by atoms with Gasteiger partial charge in [0.05, 0.1) is 10.6 Å². The third kappa shape index (κ3) is 6.07. The van der Waals surface area contributed by atoms with E-state index in [2.05, 4.69) is 22.1 Å². The van der Waals surface area contributed by atoms with Crippen LogP contribution in [-0.4, -0.2) is 51.7 Å². The number of rotatable bonds is 4. The molecule has 0 spiro atoms. The molecule has 1 atom stereocenters. The molecule has 0 amide bonds. The molecule has 1 N–H and O–H groups in total. The van der Waals surface area contributed by atoms with Crippen molar-refractivity contribution in [2.75, 3.05) is 32.4 Å². The highest BCUT2D eigenvalue weighted by molar-refractivity contribution is 14.0. The number of likely N-dealkylation sites (tertiary alicyclic amines) is 1. The lowest BCUT2D eigenvalue weighted by atomic mass is 10.0. The van der Waals surface area contributed by atoms with Gasteiger partial charge in [-0.25, -0.2) is 8.42 Å². The first-order valence-corrected chi connectivity index (χ1v) is 9.89. The Morgan fingerprint density at radius 2 is 2.04 bits per heavy atom. The Balaban J connectivity index is 0.00000288. The maximum absolute atomic E-state index is 12.3. The molecular weight excluding hydrogens is 461 g/mol. The molecule has 8 heteroatoms. The van der Waals surface area contributed by atoms with Crippen LogP contribution in [0.25, 0.3) is 0 Å². The lowest BCUT2D eigenvalue weighted by molar-refractivity contribution is 0.266. The van der Waals surface area contributed by atoms with Crippen molar-refractivity contribution in [2.24, 2.45) is 10.9 Å². The molecule has 5 nitrogen and oxygen atoms in total. The normalized spacial score (nSPS) is 18.9. The van der Waals surface area contributed by atoms with E-state index in [1.165, 1.54) is 6.42 Å². The van der Waals surface area contributed by atoms with Crippen LogP contribution in [0.4, 0.5) is 0 Å². The van der Waals surface area contributed by atoms with Gasteiger partial charge in [-0.1, -0.05) is 18.5 Å². The summed E-state index contributed by atoms with van der Waals surface area (Å²) in [6, 6.07) is 6.27. The molecule has 1 aliphatic rings. The predicted octanol–water partition coefficient (Wildman–Crippen LogP) is 3.04. The van der Waals surface area contributed by atoms with Crippen LogP contribution < -0.4 is 5.32 Å². The van der Waals surface area contributed by atoms with Gasteiger partial charge in [0, 0.05) is 31.7 Å². The zero-order chi connectivity index (χ0) is 16.9. The van der Waals surface area contributed by atoms with Crippen molar-refractivity contribution in [1.82, 2.24) is 10.2 Å². The average molecular weight is 486 g/mol. The molecule has 0 aliphatic carbocycles. The predicted molar refractivity (Wildman–Crippen MR) is 110 cm³/mol. The Morgan fingerprint density at radius 1 is 1.38 bits per heavy atom. The third-order valence-electron chi connectivity index (χ3n) is 4.00. The average Bonchev–Trinajstić information content (AvgIpc) is 2.52. The fraction of sp³-hybridized carbons (Fsp3) is 0.562.